The van der Waals surface area contributed by atoms with Crippen LogP contribution in [0.1, 0.15) is 39.9 Å². The lowest BCUT2D eigenvalue weighted by Gasteiger charge is -2.46. The van der Waals surface area contributed by atoms with Crippen molar-refractivity contribution in [3.05, 3.63) is 64.5 Å². The van der Waals surface area contributed by atoms with Crippen molar-refractivity contribution in [3.63, 3.8) is 0 Å². The Morgan fingerprint density at radius 3 is 2.67 bits per heavy atom. The third-order valence-corrected chi connectivity index (χ3v) is 7.95. The van der Waals surface area contributed by atoms with Gasteiger partial charge in [-0.2, -0.15) is 0 Å². The van der Waals surface area contributed by atoms with Crippen LogP contribution >= 0.6 is 0 Å². The normalized spacial score (nSPS) is 20.5. The topological polar surface area (TPSA) is 111 Å². The number of imide groups is 2. The number of carbonyl (C=O) groups excluding carboxylic acids is 4. The highest BCUT2D eigenvalue weighted by Gasteiger charge is 2.35. The number of anilines is 1. The predicted octanol–water partition coefficient (Wildman–Crippen LogP) is 1.67. The number of ether oxygens (including phenoxy) is 1. The Hall–Kier alpha value is -3.67. The van der Waals surface area contributed by atoms with Gasteiger partial charge in [-0.3, -0.25) is 39.2 Å². The molecule has 2 aromatic carbocycles. The molecule has 0 aliphatic carbocycles. The minimum atomic E-state index is -1.05. The monoisotopic (exact) mass is 551 g/mol. The number of likely N-dealkylation sites (tertiary alicyclic amines) is 1. The molecule has 3 aliphatic rings. The summed E-state index contributed by atoms with van der Waals surface area (Å²) < 4.78 is 20.4. The second kappa shape index (κ2) is 12.2. The van der Waals surface area contributed by atoms with Crippen LogP contribution in [0.4, 0.5) is 10.1 Å². The lowest BCUT2D eigenvalue weighted by atomic mass is 10.0. The van der Waals surface area contributed by atoms with E-state index in [9.17, 15) is 23.6 Å². The molecule has 1 unspecified atom stereocenters. The number of piperidine rings is 1. The molecule has 1 atom stereocenters. The molecular weight excluding hydrogens is 517 g/mol. The number of carbonyl (C=O) groups is 4. The Bertz CT molecular complexity index is 1290. The van der Waals surface area contributed by atoms with E-state index in [2.05, 4.69) is 20.4 Å². The van der Waals surface area contributed by atoms with E-state index in [0.29, 0.717) is 35.8 Å². The Morgan fingerprint density at radius 1 is 1.20 bits per heavy atom. The molecule has 5 rings (SSSR count). The number of hydrogen-bond donors (Lipinski definition) is 2. The van der Waals surface area contributed by atoms with Gasteiger partial charge in [-0.25, -0.2) is 4.39 Å². The largest absolute Gasteiger partial charge is 0.381 e. The van der Waals surface area contributed by atoms with Gasteiger partial charge in [0.25, 0.3) is 5.91 Å². The SMILES string of the molecule is Cc1c(NCc2ccc(CN3CC(N4CCOCC4)C3)cc2F)cccc1C(=O)N(C=O)C1CCC(=O)NC1=O. The number of benzene rings is 2. The van der Waals surface area contributed by atoms with Crippen molar-refractivity contribution in [3.8, 4) is 0 Å². The van der Waals surface area contributed by atoms with Crippen molar-refractivity contribution in [2.75, 3.05) is 44.7 Å². The Balaban J connectivity index is 1.18. The summed E-state index contributed by atoms with van der Waals surface area (Å²) in [6, 6.07) is 9.79. The first-order valence-electron chi connectivity index (χ1n) is 13.6. The number of morpholine rings is 1. The van der Waals surface area contributed by atoms with Gasteiger partial charge in [0.1, 0.15) is 11.9 Å². The summed E-state index contributed by atoms with van der Waals surface area (Å²) in [4.78, 5) is 54.3. The van der Waals surface area contributed by atoms with Gasteiger partial charge in [-0.1, -0.05) is 18.2 Å². The minimum Gasteiger partial charge on any atom is -0.381 e. The summed E-state index contributed by atoms with van der Waals surface area (Å²) in [5.41, 5.74) is 2.83. The number of halogens is 1. The molecule has 0 bridgehead atoms. The van der Waals surface area contributed by atoms with Gasteiger partial charge >= 0.3 is 0 Å². The fraction of sp³-hybridized carbons (Fsp3) is 0.448. The van der Waals surface area contributed by atoms with Crippen LogP contribution in [-0.2, 0) is 32.2 Å². The highest BCUT2D eigenvalue weighted by atomic mass is 19.1. The molecule has 3 saturated heterocycles. The Labute approximate surface area is 232 Å². The molecule has 212 valence electrons. The third kappa shape index (κ3) is 6.06. The molecule has 3 fully saturated rings. The van der Waals surface area contributed by atoms with E-state index < -0.39 is 23.8 Å². The first kappa shape index (κ1) is 27.9. The summed E-state index contributed by atoms with van der Waals surface area (Å²) >= 11 is 0. The number of nitrogens with zero attached hydrogens (tertiary/aromatic N) is 3. The van der Waals surface area contributed by atoms with Crippen LogP contribution in [0.3, 0.4) is 0 Å². The zero-order chi connectivity index (χ0) is 28.2. The maximum Gasteiger partial charge on any atom is 0.261 e. The third-order valence-electron chi connectivity index (χ3n) is 7.95. The number of amides is 4. The fourth-order valence-electron chi connectivity index (χ4n) is 5.53. The van der Waals surface area contributed by atoms with Crippen LogP contribution in [0.5, 0.6) is 0 Å². The number of rotatable bonds is 9. The van der Waals surface area contributed by atoms with E-state index in [0.717, 1.165) is 49.9 Å². The highest BCUT2D eigenvalue weighted by molar-refractivity contribution is 6.08. The second-order valence-electron chi connectivity index (χ2n) is 10.5. The van der Waals surface area contributed by atoms with E-state index in [1.54, 1.807) is 37.3 Å². The fourth-order valence-corrected chi connectivity index (χ4v) is 5.53. The van der Waals surface area contributed by atoms with Crippen molar-refractivity contribution >= 4 is 29.8 Å². The number of nitrogens with one attached hydrogen (secondary N) is 2. The van der Waals surface area contributed by atoms with Gasteiger partial charge in [0.05, 0.1) is 13.2 Å². The molecule has 3 heterocycles. The van der Waals surface area contributed by atoms with E-state index in [-0.39, 0.29) is 30.8 Å². The zero-order valence-electron chi connectivity index (χ0n) is 22.5. The van der Waals surface area contributed by atoms with E-state index in [1.807, 2.05) is 6.07 Å². The van der Waals surface area contributed by atoms with Crippen molar-refractivity contribution in [2.24, 2.45) is 0 Å². The van der Waals surface area contributed by atoms with Crippen molar-refractivity contribution in [1.29, 1.82) is 0 Å². The summed E-state index contributed by atoms with van der Waals surface area (Å²) in [5, 5.41) is 5.36. The van der Waals surface area contributed by atoms with Gasteiger partial charge in [0, 0.05) is 68.5 Å². The Morgan fingerprint density at radius 2 is 1.98 bits per heavy atom. The molecule has 40 heavy (non-hydrogen) atoms. The van der Waals surface area contributed by atoms with Crippen molar-refractivity contribution < 1.29 is 28.3 Å². The molecule has 2 aromatic rings. The lowest BCUT2D eigenvalue weighted by Crippen LogP contribution is -2.60. The molecule has 2 N–H and O–H groups in total. The molecule has 0 spiro atoms. The first-order chi connectivity index (χ1) is 19.3. The van der Waals surface area contributed by atoms with Crippen LogP contribution in [0.25, 0.3) is 0 Å². The Kier molecular flexibility index (Phi) is 8.53. The minimum absolute atomic E-state index is 0.0476. The van der Waals surface area contributed by atoms with Crippen LogP contribution in [-0.4, -0.2) is 90.3 Å². The second-order valence-corrected chi connectivity index (χ2v) is 10.5. The zero-order valence-corrected chi connectivity index (χ0v) is 22.5. The molecule has 4 amide bonds. The van der Waals surface area contributed by atoms with Crippen LogP contribution in [0, 0.1) is 12.7 Å². The van der Waals surface area contributed by atoms with Gasteiger partial charge in [0.15, 0.2) is 0 Å². The first-order valence-corrected chi connectivity index (χ1v) is 13.6. The molecule has 11 heteroatoms. The van der Waals surface area contributed by atoms with E-state index in [4.69, 9.17) is 4.74 Å². The van der Waals surface area contributed by atoms with E-state index in [1.165, 1.54) is 0 Å². The molecule has 3 aliphatic heterocycles. The maximum atomic E-state index is 15.0. The van der Waals surface area contributed by atoms with Crippen molar-refractivity contribution in [2.45, 2.75) is 44.9 Å². The highest BCUT2D eigenvalue weighted by Crippen LogP contribution is 2.24. The van der Waals surface area contributed by atoms with Gasteiger partial charge in [0.2, 0.25) is 18.2 Å². The molecular formula is C29H34FN5O5. The summed E-state index contributed by atoms with van der Waals surface area (Å²) in [5.74, 6) is -2.04. The van der Waals surface area contributed by atoms with Crippen LogP contribution < -0.4 is 10.6 Å². The molecule has 0 saturated carbocycles. The lowest BCUT2D eigenvalue weighted by molar-refractivity contribution is -0.139. The standard InChI is InChI=1S/C29H34FN5O5/c1-19-23(29(39)35(18-36)26-7-8-27(37)32-28(26)38)3-2-4-25(19)31-14-21-6-5-20(13-24(21)30)15-33-16-22(17-33)34-9-11-40-12-10-34/h2-6,13,18,22,26,31H,7-12,14-17H2,1H3,(H,32,37,38). The van der Waals surface area contributed by atoms with Crippen LogP contribution in [0.2, 0.25) is 0 Å². The predicted molar refractivity (Wildman–Crippen MR) is 145 cm³/mol. The average Bonchev–Trinajstić information content (AvgIpc) is 2.92. The molecule has 0 radical (unpaired) electrons. The van der Waals surface area contributed by atoms with Crippen molar-refractivity contribution in [1.82, 2.24) is 20.0 Å². The van der Waals surface area contributed by atoms with E-state index >= 15 is 0 Å². The smallest absolute Gasteiger partial charge is 0.261 e. The summed E-state index contributed by atoms with van der Waals surface area (Å²) in [7, 11) is 0. The molecule has 10 nitrogen and oxygen atoms in total. The van der Waals surface area contributed by atoms with Gasteiger partial charge in [-0.15, -0.1) is 0 Å². The van der Waals surface area contributed by atoms with Crippen LogP contribution in [0.15, 0.2) is 36.4 Å². The quantitative estimate of drug-likeness (QED) is 0.358. The summed E-state index contributed by atoms with van der Waals surface area (Å²) in [6.07, 6.45) is 0.446. The van der Waals surface area contributed by atoms with Gasteiger partial charge < -0.3 is 10.1 Å². The number of hydrogen-bond acceptors (Lipinski definition) is 8. The summed E-state index contributed by atoms with van der Waals surface area (Å²) in [6.45, 7) is 8.11. The average molecular weight is 552 g/mol. The van der Waals surface area contributed by atoms with Gasteiger partial charge in [-0.05, 0) is 42.7 Å². The maximum absolute atomic E-state index is 15.0. The molecule has 0 aromatic heterocycles.